The predicted molar refractivity (Wildman–Crippen MR) is 92.8 cm³/mol. The topological polar surface area (TPSA) is 75.1 Å². The van der Waals surface area contributed by atoms with E-state index in [0.29, 0.717) is 24.8 Å². The Morgan fingerprint density at radius 1 is 1.14 bits per heavy atom. The van der Waals surface area contributed by atoms with Gasteiger partial charge >= 0.3 is 18.1 Å². The molecule has 0 spiro atoms. The van der Waals surface area contributed by atoms with Gasteiger partial charge in [-0.1, -0.05) is 35.8 Å². The van der Waals surface area contributed by atoms with E-state index in [1.807, 2.05) is 0 Å². The number of carbonyl (C=O) groups is 1. The average Bonchev–Trinajstić information content (AvgIpc) is 2.63. The Labute approximate surface area is 159 Å². The average molecular weight is 407 g/mol. The number of rotatable bonds is 11. The Morgan fingerprint density at radius 3 is 2.32 bits per heavy atom. The fourth-order valence-electron chi connectivity index (χ4n) is 2.63. The molecule has 0 bridgehead atoms. The highest BCUT2D eigenvalue weighted by molar-refractivity contribution is 5.69. The fourth-order valence-corrected chi connectivity index (χ4v) is 2.63. The number of hydrogen-bond acceptors (Lipinski definition) is 3. The Morgan fingerprint density at radius 2 is 1.79 bits per heavy atom. The lowest BCUT2D eigenvalue weighted by molar-refractivity contribution is -0.284. The summed E-state index contributed by atoms with van der Waals surface area (Å²) < 4.78 is 66.8. The molecular formula is C18H22F5N3O2. The molecule has 10 heteroatoms. The first kappa shape index (κ1) is 23.7. The fraction of sp³-hybridized carbons (Fsp3) is 0.611. The molecule has 0 fully saturated rings. The molecule has 0 N–H and O–H groups in total. The standard InChI is InChI=1S/C18H22F5N3O2/c1-28-16(27)7-4-5-13-8-10-14(11-9-13)15(25-26-24)6-2-3-12-17(19,20)18(21,22)23/h8-11,15H,2-7,12H2,1H3. The van der Waals surface area contributed by atoms with E-state index in [-0.39, 0.29) is 25.2 Å². The van der Waals surface area contributed by atoms with Crippen LogP contribution in [0.15, 0.2) is 29.4 Å². The highest BCUT2D eigenvalue weighted by Gasteiger charge is 2.56. The number of azide groups is 1. The lowest BCUT2D eigenvalue weighted by Gasteiger charge is -2.19. The van der Waals surface area contributed by atoms with Gasteiger partial charge in [-0.3, -0.25) is 4.79 Å². The van der Waals surface area contributed by atoms with Crippen LogP contribution in [0.25, 0.3) is 10.4 Å². The summed E-state index contributed by atoms with van der Waals surface area (Å²) in [6, 6.07) is 6.39. The number of unbranched alkanes of at least 4 members (excludes halogenated alkanes) is 1. The van der Waals surface area contributed by atoms with Crippen LogP contribution >= 0.6 is 0 Å². The molecule has 0 aliphatic carbocycles. The van der Waals surface area contributed by atoms with E-state index in [1.165, 1.54) is 7.11 Å². The summed E-state index contributed by atoms with van der Waals surface area (Å²) in [4.78, 5) is 13.8. The van der Waals surface area contributed by atoms with E-state index in [9.17, 15) is 26.7 Å². The summed E-state index contributed by atoms with van der Waals surface area (Å²) in [5.74, 6) is -5.01. The summed E-state index contributed by atoms with van der Waals surface area (Å²) in [7, 11) is 1.32. The van der Waals surface area contributed by atoms with E-state index in [0.717, 1.165) is 5.56 Å². The molecule has 0 saturated carbocycles. The smallest absolute Gasteiger partial charge is 0.453 e. The van der Waals surface area contributed by atoms with Gasteiger partial charge in [0, 0.05) is 17.8 Å². The van der Waals surface area contributed by atoms with Gasteiger partial charge in [0.1, 0.15) is 0 Å². The Balaban J connectivity index is 2.57. The zero-order chi connectivity index (χ0) is 21.2. The normalized spacial score (nSPS) is 12.9. The summed E-state index contributed by atoms with van der Waals surface area (Å²) >= 11 is 0. The van der Waals surface area contributed by atoms with Gasteiger partial charge in [0.05, 0.1) is 13.2 Å². The second-order valence-corrected chi connectivity index (χ2v) is 6.34. The molecule has 0 aliphatic rings. The number of methoxy groups -OCH3 is 1. The first-order valence-corrected chi connectivity index (χ1v) is 8.75. The largest absolute Gasteiger partial charge is 0.469 e. The minimum absolute atomic E-state index is 0.0657. The van der Waals surface area contributed by atoms with Gasteiger partial charge in [0.25, 0.3) is 0 Å². The van der Waals surface area contributed by atoms with Crippen molar-refractivity contribution in [2.75, 3.05) is 7.11 Å². The molecule has 28 heavy (non-hydrogen) atoms. The van der Waals surface area contributed by atoms with Crippen LogP contribution in [0.5, 0.6) is 0 Å². The molecule has 0 aromatic heterocycles. The number of alkyl halides is 5. The van der Waals surface area contributed by atoms with Crippen molar-refractivity contribution in [3.05, 3.63) is 45.8 Å². The molecule has 0 heterocycles. The van der Waals surface area contributed by atoms with Gasteiger partial charge in [-0.25, -0.2) is 0 Å². The van der Waals surface area contributed by atoms with Crippen LogP contribution in [0.3, 0.4) is 0 Å². The Kier molecular flexibility index (Phi) is 9.18. The summed E-state index contributed by atoms with van der Waals surface area (Å²) in [6.45, 7) is 0. The third-order valence-electron chi connectivity index (χ3n) is 4.26. The Hall–Kier alpha value is -2.35. The lowest BCUT2D eigenvalue weighted by atomic mass is 9.98. The molecule has 5 nitrogen and oxygen atoms in total. The van der Waals surface area contributed by atoms with Gasteiger partial charge in [0.2, 0.25) is 0 Å². The minimum atomic E-state index is -5.55. The maximum absolute atomic E-state index is 12.9. The summed E-state index contributed by atoms with van der Waals surface area (Å²) in [6.07, 6.45) is -5.40. The number of nitrogens with zero attached hydrogens (tertiary/aromatic N) is 3. The van der Waals surface area contributed by atoms with Crippen molar-refractivity contribution in [3.63, 3.8) is 0 Å². The van der Waals surface area contributed by atoms with Crippen LogP contribution in [0.1, 0.15) is 55.7 Å². The van der Waals surface area contributed by atoms with Crippen molar-refractivity contribution >= 4 is 5.97 Å². The molecule has 1 aromatic rings. The molecule has 0 radical (unpaired) electrons. The number of hydrogen-bond donors (Lipinski definition) is 0. The number of esters is 1. The van der Waals surface area contributed by atoms with E-state index >= 15 is 0 Å². The van der Waals surface area contributed by atoms with Crippen LogP contribution in [0.4, 0.5) is 22.0 Å². The van der Waals surface area contributed by atoms with E-state index in [2.05, 4.69) is 14.8 Å². The number of benzene rings is 1. The molecule has 156 valence electrons. The van der Waals surface area contributed by atoms with Crippen LogP contribution < -0.4 is 0 Å². The molecule has 0 aliphatic heterocycles. The predicted octanol–water partition coefficient (Wildman–Crippen LogP) is 6.29. The van der Waals surface area contributed by atoms with Crippen LogP contribution in [0, 0.1) is 0 Å². The van der Waals surface area contributed by atoms with Crippen molar-refractivity contribution in [2.45, 2.75) is 63.1 Å². The zero-order valence-electron chi connectivity index (χ0n) is 15.4. The molecule has 0 saturated heterocycles. The van der Waals surface area contributed by atoms with Crippen LogP contribution in [-0.2, 0) is 16.0 Å². The summed E-state index contributed by atoms with van der Waals surface area (Å²) in [5.41, 5.74) is 10.3. The van der Waals surface area contributed by atoms with Crippen molar-refractivity contribution in [2.24, 2.45) is 5.11 Å². The van der Waals surface area contributed by atoms with Gasteiger partial charge in [-0.15, -0.1) is 0 Å². The molecule has 0 amide bonds. The monoisotopic (exact) mass is 407 g/mol. The highest BCUT2D eigenvalue weighted by Crippen LogP contribution is 2.39. The SMILES string of the molecule is COC(=O)CCCc1ccc(C(CCCCC(F)(F)C(F)(F)F)N=[N+]=[N-])cc1. The molecule has 1 unspecified atom stereocenters. The third-order valence-corrected chi connectivity index (χ3v) is 4.26. The maximum atomic E-state index is 12.9. The van der Waals surface area contributed by atoms with Crippen molar-refractivity contribution in [1.82, 2.24) is 0 Å². The van der Waals surface area contributed by atoms with Crippen molar-refractivity contribution in [1.29, 1.82) is 0 Å². The highest BCUT2D eigenvalue weighted by atomic mass is 19.4. The number of halogens is 5. The molecule has 1 aromatic carbocycles. The van der Waals surface area contributed by atoms with Crippen molar-refractivity contribution < 1.29 is 31.5 Å². The maximum Gasteiger partial charge on any atom is 0.453 e. The first-order valence-electron chi connectivity index (χ1n) is 8.75. The molecular weight excluding hydrogens is 385 g/mol. The lowest BCUT2D eigenvalue weighted by Crippen LogP contribution is -2.36. The van der Waals surface area contributed by atoms with E-state index in [4.69, 9.17) is 5.53 Å². The van der Waals surface area contributed by atoms with Crippen LogP contribution in [-0.4, -0.2) is 25.2 Å². The van der Waals surface area contributed by atoms with E-state index < -0.39 is 24.6 Å². The van der Waals surface area contributed by atoms with Crippen LogP contribution in [0.2, 0.25) is 0 Å². The second-order valence-electron chi connectivity index (χ2n) is 6.34. The number of aryl methyl sites for hydroxylation is 1. The van der Waals surface area contributed by atoms with Crippen molar-refractivity contribution in [3.8, 4) is 0 Å². The molecule has 1 atom stereocenters. The molecule has 1 rings (SSSR count). The Bertz CT molecular complexity index is 671. The van der Waals surface area contributed by atoms with E-state index in [1.54, 1.807) is 24.3 Å². The quantitative estimate of drug-likeness (QED) is 0.108. The number of carbonyl (C=O) groups excluding carboxylic acids is 1. The van der Waals surface area contributed by atoms with Gasteiger partial charge in [-0.05, 0) is 42.3 Å². The number of ether oxygens (including phenoxy) is 1. The summed E-state index contributed by atoms with van der Waals surface area (Å²) in [5, 5.41) is 3.61. The first-order chi connectivity index (χ1) is 13.1. The van der Waals surface area contributed by atoms with Gasteiger partial charge in [0.15, 0.2) is 0 Å². The third kappa shape index (κ3) is 7.72. The van der Waals surface area contributed by atoms with Gasteiger partial charge < -0.3 is 4.74 Å². The second kappa shape index (κ2) is 10.8. The zero-order valence-corrected chi connectivity index (χ0v) is 15.4. The minimum Gasteiger partial charge on any atom is -0.469 e. The van der Waals surface area contributed by atoms with Gasteiger partial charge in [-0.2, -0.15) is 22.0 Å².